The first kappa shape index (κ1) is 36.4. The van der Waals surface area contributed by atoms with Crippen LogP contribution in [0.4, 0.5) is 0 Å². The normalized spacial score (nSPS) is 19.1. The van der Waals surface area contributed by atoms with E-state index in [0.29, 0.717) is 24.0 Å². The van der Waals surface area contributed by atoms with Crippen molar-refractivity contribution >= 4 is 49.9 Å². The average molecular weight is 723 g/mol. The van der Waals surface area contributed by atoms with E-state index in [-0.39, 0.29) is 10.8 Å². The molecule has 1 heterocycles. The number of halogens is 1. The van der Waals surface area contributed by atoms with Gasteiger partial charge in [-0.25, -0.2) is 0 Å². The largest absolute Gasteiger partial charge is 0.340 e. The van der Waals surface area contributed by atoms with Crippen LogP contribution in [0, 0.1) is 67.0 Å². The van der Waals surface area contributed by atoms with Gasteiger partial charge in [0.05, 0.1) is 24.3 Å². The van der Waals surface area contributed by atoms with E-state index >= 15 is 0 Å². The molecule has 0 spiro atoms. The SMILES string of the molecule is C=C1C(C#N)(C#N)C=C(C=Cc2ccc3c(c2)c2cc(C=CC4=CC(C#N)(C#N)C(=C)C(C)(C)C4)ccc2n3CCCCCCBr)CC1(C)C. The van der Waals surface area contributed by atoms with E-state index in [0.717, 1.165) is 51.3 Å². The molecule has 0 radical (unpaired) electrons. The Labute approximate surface area is 305 Å². The number of allylic oxidation sites excluding steroid dienone is 8. The van der Waals surface area contributed by atoms with E-state index in [4.69, 9.17) is 0 Å². The van der Waals surface area contributed by atoms with Gasteiger partial charge in [-0.05, 0) is 106 Å². The lowest BCUT2D eigenvalue weighted by molar-refractivity contribution is 0.384. The molecule has 1 aromatic heterocycles. The summed E-state index contributed by atoms with van der Waals surface area (Å²) < 4.78 is 2.43. The summed E-state index contributed by atoms with van der Waals surface area (Å²) in [6.07, 6.45) is 17.8. The van der Waals surface area contributed by atoms with Crippen molar-refractivity contribution in [2.75, 3.05) is 5.33 Å². The number of alkyl halides is 1. The molecule has 0 atom stereocenters. The highest BCUT2D eigenvalue weighted by atomic mass is 79.9. The molecule has 0 unspecified atom stereocenters. The quantitative estimate of drug-likeness (QED) is 0.118. The van der Waals surface area contributed by atoms with Gasteiger partial charge < -0.3 is 4.57 Å². The summed E-state index contributed by atoms with van der Waals surface area (Å²) in [4.78, 5) is 0. The van der Waals surface area contributed by atoms with Gasteiger partial charge in [0, 0.05) is 33.7 Å². The van der Waals surface area contributed by atoms with E-state index < -0.39 is 10.8 Å². The second-order valence-corrected chi connectivity index (χ2v) is 15.8. The fourth-order valence-electron chi connectivity index (χ4n) is 7.51. The van der Waals surface area contributed by atoms with Crippen molar-refractivity contribution in [3.8, 4) is 24.3 Å². The molecular formula is C44H44BrN5. The summed E-state index contributed by atoms with van der Waals surface area (Å²) in [5, 5.41) is 43.1. The highest BCUT2D eigenvalue weighted by molar-refractivity contribution is 9.09. The van der Waals surface area contributed by atoms with E-state index in [1.165, 1.54) is 30.3 Å². The Kier molecular flexibility index (Phi) is 10.3. The van der Waals surface area contributed by atoms with Gasteiger partial charge in [-0.1, -0.05) is 106 Å². The van der Waals surface area contributed by atoms with Crippen molar-refractivity contribution in [1.82, 2.24) is 4.57 Å². The number of benzene rings is 2. The predicted molar refractivity (Wildman–Crippen MR) is 208 cm³/mol. The molecule has 2 aliphatic carbocycles. The Morgan fingerprint density at radius 2 is 1.08 bits per heavy atom. The molecule has 0 aliphatic heterocycles. The highest BCUT2D eigenvalue weighted by Gasteiger charge is 2.44. The lowest BCUT2D eigenvalue weighted by Gasteiger charge is -2.38. The lowest BCUT2D eigenvalue weighted by atomic mass is 9.62. The second-order valence-electron chi connectivity index (χ2n) is 15.1. The van der Waals surface area contributed by atoms with E-state index in [1.54, 1.807) is 12.2 Å². The molecule has 5 rings (SSSR count). The summed E-state index contributed by atoms with van der Waals surface area (Å²) in [6.45, 7) is 17.4. The Morgan fingerprint density at radius 3 is 1.48 bits per heavy atom. The number of unbranched alkanes of at least 4 members (excludes halogenated alkanes) is 3. The van der Waals surface area contributed by atoms with Crippen LogP contribution in [0.1, 0.15) is 77.3 Å². The molecule has 0 saturated carbocycles. The summed E-state index contributed by atoms with van der Waals surface area (Å²) in [7, 11) is 0. The van der Waals surface area contributed by atoms with Gasteiger partial charge in [-0.15, -0.1) is 0 Å². The van der Waals surface area contributed by atoms with Crippen LogP contribution in [0.25, 0.3) is 34.0 Å². The fraction of sp³-hybridized carbons (Fsp3) is 0.364. The maximum atomic E-state index is 9.94. The first-order chi connectivity index (χ1) is 23.8. The van der Waals surface area contributed by atoms with Crippen LogP contribution in [-0.2, 0) is 6.54 Å². The van der Waals surface area contributed by atoms with Crippen molar-refractivity contribution in [1.29, 1.82) is 21.0 Å². The number of rotatable bonds is 10. The van der Waals surface area contributed by atoms with Crippen LogP contribution in [0.3, 0.4) is 0 Å². The Hall–Kier alpha value is -4.88. The molecule has 2 aliphatic rings. The Morgan fingerprint density at radius 1 is 0.660 bits per heavy atom. The van der Waals surface area contributed by atoms with Gasteiger partial charge in [-0.2, -0.15) is 21.0 Å². The summed E-state index contributed by atoms with van der Waals surface area (Å²) in [5.74, 6) is 0. The van der Waals surface area contributed by atoms with Crippen molar-refractivity contribution in [2.24, 2.45) is 21.7 Å². The molecule has 2 aromatic carbocycles. The van der Waals surface area contributed by atoms with Crippen LogP contribution >= 0.6 is 15.9 Å². The minimum Gasteiger partial charge on any atom is -0.340 e. The van der Waals surface area contributed by atoms with Gasteiger partial charge >= 0.3 is 0 Å². The van der Waals surface area contributed by atoms with Gasteiger partial charge in [-0.3, -0.25) is 0 Å². The van der Waals surface area contributed by atoms with Crippen LogP contribution in [0.2, 0.25) is 0 Å². The van der Waals surface area contributed by atoms with Crippen LogP contribution in [0.15, 0.2) is 96.2 Å². The summed E-state index contributed by atoms with van der Waals surface area (Å²) >= 11 is 3.55. The standard InChI is InChI=1S/C44H44BrN5/c1-31-41(3,4)23-35(25-43(31,27-46)28-47)13-11-33-15-17-39-37(21-33)38-22-34(16-18-40(38)50(39)20-10-8-7-9-19-45)12-14-36-24-42(5,6)32(2)44(26-36,29-48)30-49/h11-18,21-22,25-26H,1-2,7-10,19-20,23-24H2,3-6H3. The van der Waals surface area contributed by atoms with Crippen molar-refractivity contribution in [3.05, 3.63) is 107 Å². The number of nitrogens with zero attached hydrogens (tertiary/aromatic N) is 5. The molecule has 3 aromatic rings. The third kappa shape index (κ3) is 6.79. The maximum absolute atomic E-state index is 9.94. The zero-order valence-electron chi connectivity index (χ0n) is 29.6. The van der Waals surface area contributed by atoms with Crippen molar-refractivity contribution in [3.63, 3.8) is 0 Å². The smallest absolute Gasteiger partial charge is 0.183 e. The summed E-state index contributed by atoms with van der Waals surface area (Å²) in [5.41, 5.74) is 4.20. The predicted octanol–water partition coefficient (Wildman–Crippen LogP) is 11.7. The van der Waals surface area contributed by atoms with Gasteiger partial charge in [0.2, 0.25) is 0 Å². The minimum atomic E-state index is -1.33. The Balaban J connectivity index is 1.55. The van der Waals surface area contributed by atoms with Crippen LogP contribution in [0.5, 0.6) is 0 Å². The first-order valence-corrected chi connectivity index (χ1v) is 18.4. The average Bonchev–Trinajstić information content (AvgIpc) is 3.41. The molecule has 0 saturated heterocycles. The molecule has 0 fully saturated rings. The van der Waals surface area contributed by atoms with E-state index in [9.17, 15) is 21.0 Å². The molecule has 50 heavy (non-hydrogen) atoms. The Bertz CT molecular complexity index is 2000. The lowest BCUT2D eigenvalue weighted by Crippen LogP contribution is -2.32. The second kappa shape index (κ2) is 14.2. The molecule has 0 bridgehead atoms. The van der Waals surface area contributed by atoms with E-state index in [2.05, 4.69) is 106 Å². The third-order valence-corrected chi connectivity index (χ3v) is 11.1. The molecule has 5 nitrogen and oxygen atoms in total. The third-order valence-electron chi connectivity index (χ3n) is 10.5. The number of nitriles is 4. The molecule has 6 heteroatoms. The van der Waals surface area contributed by atoms with Gasteiger partial charge in [0.25, 0.3) is 0 Å². The first-order valence-electron chi connectivity index (χ1n) is 17.2. The topological polar surface area (TPSA) is 100 Å². The van der Waals surface area contributed by atoms with Crippen LogP contribution in [-0.4, -0.2) is 9.90 Å². The maximum Gasteiger partial charge on any atom is 0.183 e. The van der Waals surface area contributed by atoms with Crippen LogP contribution < -0.4 is 0 Å². The monoisotopic (exact) mass is 721 g/mol. The zero-order chi connectivity index (χ0) is 36.3. The fourth-order valence-corrected chi connectivity index (χ4v) is 7.91. The summed E-state index contributed by atoms with van der Waals surface area (Å²) in [6, 6.07) is 22.0. The van der Waals surface area contributed by atoms with Crippen molar-refractivity contribution < 1.29 is 0 Å². The minimum absolute atomic E-state index is 0.377. The highest BCUT2D eigenvalue weighted by Crippen LogP contribution is 2.50. The number of aryl methyl sites for hydroxylation is 1. The molecule has 252 valence electrons. The number of aromatic nitrogens is 1. The number of fused-ring (bicyclic) bond motifs is 3. The molecule has 0 amide bonds. The van der Waals surface area contributed by atoms with E-state index in [1.807, 2.05) is 39.8 Å². The van der Waals surface area contributed by atoms with Gasteiger partial charge in [0.1, 0.15) is 0 Å². The van der Waals surface area contributed by atoms with Gasteiger partial charge in [0.15, 0.2) is 10.8 Å². The molecule has 0 N–H and O–H groups in total. The zero-order valence-corrected chi connectivity index (χ0v) is 31.2. The number of hydrogen-bond donors (Lipinski definition) is 0. The number of hydrogen-bond acceptors (Lipinski definition) is 4. The van der Waals surface area contributed by atoms with Crippen molar-refractivity contribution in [2.45, 2.75) is 72.8 Å². The molecular weight excluding hydrogens is 678 g/mol.